The van der Waals surface area contributed by atoms with Crippen LogP contribution in [-0.4, -0.2) is 48.3 Å². The predicted molar refractivity (Wildman–Crippen MR) is 137 cm³/mol. The third kappa shape index (κ3) is 6.80. The molecule has 3 rings (SSSR count). The molecule has 184 valence electrons. The van der Waals surface area contributed by atoms with E-state index in [-0.39, 0.29) is 16.5 Å². The molecule has 10 heteroatoms. The Kier molecular flexibility index (Phi) is 9.22. The van der Waals surface area contributed by atoms with Crippen LogP contribution in [0.15, 0.2) is 54.0 Å². The summed E-state index contributed by atoms with van der Waals surface area (Å²) >= 11 is 7.11. The van der Waals surface area contributed by atoms with E-state index in [4.69, 9.17) is 25.8 Å². The number of amides is 3. The molecule has 3 amide bonds. The first-order valence-corrected chi connectivity index (χ1v) is 12.0. The molecule has 0 spiro atoms. The van der Waals surface area contributed by atoms with Crippen molar-refractivity contribution in [1.29, 1.82) is 0 Å². The number of anilines is 1. The smallest absolute Gasteiger partial charge is 0.294 e. The molecule has 1 aliphatic heterocycles. The molecule has 1 heterocycles. The van der Waals surface area contributed by atoms with Crippen LogP contribution in [0.3, 0.4) is 0 Å². The van der Waals surface area contributed by atoms with Gasteiger partial charge in [0.1, 0.15) is 18.9 Å². The lowest BCUT2D eigenvalue weighted by Crippen LogP contribution is -2.36. The zero-order chi connectivity index (χ0) is 25.4. The van der Waals surface area contributed by atoms with E-state index in [1.807, 2.05) is 13.8 Å². The zero-order valence-electron chi connectivity index (χ0n) is 19.3. The minimum absolute atomic E-state index is 0.169. The molecule has 1 fully saturated rings. The summed E-state index contributed by atoms with van der Waals surface area (Å²) in [6.07, 6.45) is 3.11. The fourth-order valence-corrected chi connectivity index (χ4v) is 4.26. The molecule has 0 saturated carbocycles. The van der Waals surface area contributed by atoms with E-state index in [1.165, 1.54) is 6.08 Å². The van der Waals surface area contributed by atoms with E-state index in [2.05, 4.69) is 11.9 Å². The van der Waals surface area contributed by atoms with Gasteiger partial charge in [0.25, 0.3) is 11.1 Å². The Morgan fingerprint density at radius 2 is 1.83 bits per heavy atom. The molecule has 0 bridgehead atoms. The minimum atomic E-state index is -0.567. The fraction of sp³-hybridized carbons (Fsp3) is 0.240. The van der Waals surface area contributed by atoms with E-state index in [9.17, 15) is 14.4 Å². The van der Waals surface area contributed by atoms with Crippen LogP contribution >= 0.6 is 23.4 Å². The summed E-state index contributed by atoms with van der Waals surface area (Å²) in [6.45, 7) is 8.06. The van der Waals surface area contributed by atoms with Gasteiger partial charge in [0.2, 0.25) is 5.91 Å². The average molecular weight is 517 g/mol. The zero-order valence-corrected chi connectivity index (χ0v) is 20.9. The second-order valence-electron chi connectivity index (χ2n) is 7.14. The summed E-state index contributed by atoms with van der Waals surface area (Å²) in [5.41, 5.74) is 1.08. The molecular weight excluding hydrogens is 492 g/mol. The summed E-state index contributed by atoms with van der Waals surface area (Å²) in [7, 11) is 0. The third-order valence-corrected chi connectivity index (χ3v) is 5.79. The second kappa shape index (κ2) is 12.3. The van der Waals surface area contributed by atoms with E-state index in [0.29, 0.717) is 41.7 Å². The van der Waals surface area contributed by atoms with E-state index in [1.54, 1.807) is 42.5 Å². The van der Waals surface area contributed by atoms with Crippen LogP contribution in [0.25, 0.3) is 6.08 Å². The van der Waals surface area contributed by atoms with Gasteiger partial charge < -0.3 is 19.5 Å². The second-order valence-corrected chi connectivity index (χ2v) is 8.54. The van der Waals surface area contributed by atoms with Crippen LogP contribution in [0.2, 0.25) is 5.02 Å². The van der Waals surface area contributed by atoms with Gasteiger partial charge in [0.05, 0.1) is 23.1 Å². The number of carbonyl (C=O) groups excluding carboxylic acids is 3. The highest BCUT2D eigenvalue weighted by molar-refractivity contribution is 8.18. The van der Waals surface area contributed by atoms with Crippen LogP contribution in [-0.2, 0) is 9.59 Å². The number of hydrogen-bond acceptors (Lipinski definition) is 7. The number of hydrogen-bond donors (Lipinski definition) is 1. The Morgan fingerprint density at radius 1 is 1.11 bits per heavy atom. The lowest BCUT2D eigenvalue weighted by molar-refractivity contribution is -0.127. The van der Waals surface area contributed by atoms with Gasteiger partial charge >= 0.3 is 0 Å². The quantitative estimate of drug-likeness (QED) is 0.316. The van der Waals surface area contributed by atoms with Crippen molar-refractivity contribution in [3.8, 4) is 17.2 Å². The number of imide groups is 1. The number of ether oxygens (including phenoxy) is 3. The van der Waals surface area contributed by atoms with Gasteiger partial charge in [-0.1, -0.05) is 24.3 Å². The number of rotatable bonds is 11. The summed E-state index contributed by atoms with van der Waals surface area (Å²) < 4.78 is 16.6. The maximum absolute atomic E-state index is 12.8. The van der Waals surface area contributed by atoms with Gasteiger partial charge in [-0.2, -0.15) is 0 Å². The highest BCUT2D eigenvalue weighted by Crippen LogP contribution is 2.39. The highest BCUT2D eigenvalue weighted by atomic mass is 35.5. The highest BCUT2D eigenvalue weighted by Gasteiger charge is 2.36. The van der Waals surface area contributed by atoms with Crippen LogP contribution in [0.4, 0.5) is 10.5 Å². The van der Waals surface area contributed by atoms with Crippen molar-refractivity contribution in [2.45, 2.75) is 13.8 Å². The largest absolute Gasteiger partial charge is 0.494 e. The lowest BCUT2D eigenvalue weighted by atomic mass is 10.1. The normalized spacial score (nSPS) is 14.3. The van der Waals surface area contributed by atoms with Crippen LogP contribution in [0.5, 0.6) is 17.2 Å². The predicted octanol–water partition coefficient (Wildman–Crippen LogP) is 5.38. The molecule has 1 N–H and O–H groups in total. The summed E-state index contributed by atoms with van der Waals surface area (Å²) in [6, 6.07) is 10.1. The number of nitrogens with one attached hydrogen (secondary N) is 1. The van der Waals surface area contributed by atoms with Crippen LogP contribution in [0, 0.1) is 0 Å². The van der Waals surface area contributed by atoms with Gasteiger partial charge in [-0.05, 0) is 73.6 Å². The average Bonchev–Trinajstić information content (AvgIpc) is 3.07. The Balaban J connectivity index is 1.72. The van der Waals surface area contributed by atoms with Crippen molar-refractivity contribution in [2.75, 3.05) is 31.7 Å². The Hall–Kier alpha value is -3.43. The SMILES string of the molecule is C=CCOc1c(Cl)cc(/C=C2/SC(=O)N(CC(=O)Nc3ccc(OCC)cc3)C2=O)cc1OCC. The monoisotopic (exact) mass is 516 g/mol. The van der Waals surface area contributed by atoms with Crippen molar-refractivity contribution in [3.63, 3.8) is 0 Å². The lowest BCUT2D eigenvalue weighted by Gasteiger charge is -2.14. The van der Waals surface area contributed by atoms with Crippen molar-refractivity contribution in [1.82, 2.24) is 4.90 Å². The number of thioether (sulfide) groups is 1. The minimum Gasteiger partial charge on any atom is -0.494 e. The molecule has 2 aromatic rings. The fourth-order valence-electron chi connectivity index (χ4n) is 3.15. The van der Waals surface area contributed by atoms with Gasteiger partial charge in [0.15, 0.2) is 11.5 Å². The van der Waals surface area contributed by atoms with E-state index in [0.717, 1.165) is 16.7 Å². The first kappa shape index (κ1) is 26.2. The number of benzene rings is 2. The summed E-state index contributed by atoms with van der Waals surface area (Å²) in [5, 5.41) is 2.42. The van der Waals surface area contributed by atoms with Crippen molar-refractivity contribution < 1.29 is 28.6 Å². The topological polar surface area (TPSA) is 94.2 Å². The first-order chi connectivity index (χ1) is 16.9. The molecule has 8 nitrogen and oxygen atoms in total. The maximum Gasteiger partial charge on any atom is 0.294 e. The van der Waals surface area contributed by atoms with Crippen molar-refractivity contribution in [2.24, 2.45) is 0 Å². The molecule has 0 radical (unpaired) electrons. The van der Waals surface area contributed by atoms with Gasteiger partial charge in [-0.25, -0.2) is 0 Å². The molecule has 35 heavy (non-hydrogen) atoms. The maximum atomic E-state index is 12.8. The van der Waals surface area contributed by atoms with Crippen LogP contribution < -0.4 is 19.5 Å². The molecule has 1 saturated heterocycles. The molecule has 2 aromatic carbocycles. The number of nitrogens with zero attached hydrogens (tertiary/aromatic N) is 1. The third-order valence-electron chi connectivity index (χ3n) is 4.60. The van der Waals surface area contributed by atoms with Gasteiger partial charge in [-0.3, -0.25) is 19.3 Å². The van der Waals surface area contributed by atoms with Gasteiger partial charge in [-0.15, -0.1) is 0 Å². The molecular formula is C25H25ClN2O6S. The Morgan fingerprint density at radius 3 is 2.49 bits per heavy atom. The number of carbonyl (C=O) groups is 3. The first-order valence-electron chi connectivity index (χ1n) is 10.8. The Bertz CT molecular complexity index is 1150. The van der Waals surface area contributed by atoms with E-state index < -0.39 is 23.6 Å². The van der Waals surface area contributed by atoms with Crippen molar-refractivity contribution in [3.05, 3.63) is 64.5 Å². The molecule has 0 atom stereocenters. The summed E-state index contributed by atoms with van der Waals surface area (Å²) in [5.74, 6) is 0.382. The Labute approximate surface area is 212 Å². The summed E-state index contributed by atoms with van der Waals surface area (Å²) in [4.78, 5) is 38.8. The van der Waals surface area contributed by atoms with Crippen LogP contribution in [0.1, 0.15) is 19.4 Å². The van der Waals surface area contributed by atoms with E-state index >= 15 is 0 Å². The molecule has 0 unspecified atom stereocenters. The molecule has 1 aliphatic rings. The number of halogens is 1. The van der Waals surface area contributed by atoms with Crippen molar-refractivity contribution >= 4 is 52.2 Å². The standard InChI is InChI=1S/C25H25ClN2O6S/c1-4-11-34-23-19(26)12-16(13-20(23)33-6-3)14-21-24(30)28(25(31)35-21)15-22(29)27-17-7-9-18(10-8-17)32-5-2/h4,7-10,12-14H,1,5-6,11,15H2,2-3H3,(H,27,29)/b21-14+. The van der Waals surface area contributed by atoms with Gasteiger partial charge in [0, 0.05) is 5.69 Å². The molecule has 0 aromatic heterocycles. The molecule has 0 aliphatic carbocycles.